The van der Waals surface area contributed by atoms with Crippen LogP contribution in [0.15, 0.2) is 16.5 Å². The van der Waals surface area contributed by atoms with Crippen LogP contribution in [0.2, 0.25) is 0 Å². The summed E-state index contributed by atoms with van der Waals surface area (Å²) in [4.78, 5) is 12.3. The van der Waals surface area contributed by atoms with Crippen molar-refractivity contribution in [3.8, 4) is 0 Å². The lowest BCUT2D eigenvalue weighted by atomic mass is 10.0. The molecule has 0 saturated heterocycles. The van der Waals surface area contributed by atoms with Crippen molar-refractivity contribution >= 4 is 16.9 Å². The lowest BCUT2D eigenvalue weighted by Gasteiger charge is -2.09. The second kappa shape index (κ2) is 6.94. The summed E-state index contributed by atoms with van der Waals surface area (Å²) in [5.41, 5.74) is 3.72. The normalized spacial score (nSPS) is 12.6. The van der Waals surface area contributed by atoms with Crippen molar-refractivity contribution in [1.29, 1.82) is 0 Å². The predicted molar refractivity (Wildman–Crippen MR) is 85.3 cm³/mol. The molecule has 0 aliphatic rings. The molecule has 2 aromatic rings. The number of ether oxygens (including phenoxy) is 1. The van der Waals surface area contributed by atoms with Crippen LogP contribution in [0, 0.1) is 20.8 Å². The van der Waals surface area contributed by atoms with Gasteiger partial charge in [0.1, 0.15) is 5.58 Å². The first kappa shape index (κ1) is 16.5. The van der Waals surface area contributed by atoms with Crippen molar-refractivity contribution in [1.82, 2.24) is 5.32 Å². The lowest BCUT2D eigenvalue weighted by molar-refractivity contribution is 0.0586. The van der Waals surface area contributed by atoms with Gasteiger partial charge in [0.2, 0.25) is 0 Å². The summed E-state index contributed by atoms with van der Waals surface area (Å²) in [5.74, 6) is 0.0887. The van der Waals surface area contributed by atoms with Gasteiger partial charge in [0.05, 0.1) is 12.7 Å². The highest BCUT2D eigenvalue weighted by molar-refractivity contribution is 6.00. The molecule has 0 bridgehead atoms. The maximum atomic E-state index is 12.3. The van der Waals surface area contributed by atoms with Crippen LogP contribution >= 0.6 is 0 Å². The molecule has 22 heavy (non-hydrogen) atoms. The molecule has 1 aromatic heterocycles. The molecule has 0 saturated carbocycles. The third-order valence-corrected chi connectivity index (χ3v) is 3.81. The summed E-state index contributed by atoms with van der Waals surface area (Å²) in [6, 6.07) is 4.02. The van der Waals surface area contributed by atoms with E-state index < -0.39 is 6.10 Å². The number of rotatable bonds is 6. The number of hydrogen-bond acceptors (Lipinski definition) is 4. The lowest BCUT2D eigenvalue weighted by Crippen LogP contribution is -2.28. The highest BCUT2D eigenvalue weighted by atomic mass is 16.5. The molecule has 1 aromatic carbocycles. The number of hydrogen-bond donors (Lipinski definition) is 2. The van der Waals surface area contributed by atoms with Crippen molar-refractivity contribution < 1.29 is 19.1 Å². The van der Waals surface area contributed by atoms with E-state index in [2.05, 4.69) is 5.32 Å². The molecular weight excluding hydrogens is 282 g/mol. The molecule has 1 heterocycles. The summed E-state index contributed by atoms with van der Waals surface area (Å²) in [7, 11) is 1.53. The van der Waals surface area contributed by atoms with Crippen LogP contribution in [0.3, 0.4) is 0 Å². The van der Waals surface area contributed by atoms with Gasteiger partial charge < -0.3 is 19.6 Å². The van der Waals surface area contributed by atoms with E-state index in [-0.39, 0.29) is 12.5 Å². The first-order chi connectivity index (χ1) is 10.5. The molecule has 0 aliphatic carbocycles. The number of carbonyl (C=O) groups is 1. The second-order valence-electron chi connectivity index (χ2n) is 5.61. The van der Waals surface area contributed by atoms with Crippen molar-refractivity contribution in [2.75, 3.05) is 20.3 Å². The fourth-order valence-electron chi connectivity index (χ4n) is 2.60. The van der Waals surface area contributed by atoms with Gasteiger partial charge in [-0.1, -0.05) is 12.1 Å². The smallest absolute Gasteiger partial charge is 0.287 e. The third kappa shape index (κ3) is 3.31. The van der Waals surface area contributed by atoms with E-state index in [0.29, 0.717) is 18.7 Å². The number of aliphatic hydroxyl groups excluding tert-OH is 1. The van der Waals surface area contributed by atoms with Crippen LogP contribution in [0.25, 0.3) is 11.0 Å². The van der Waals surface area contributed by atoms with Crippen molar-refractivity contribution in [2.45, 2.75) is 33.3 Å². The van der Waals surface area contributed by atoms with Crippen LogP contribution in [-0.4, -0.2) is 37.4 Å². The van der Waals surface area contributed by atoms with Gasteiger partial charge >= 0.3 is 0 Å². The number of amides is 1. The van der Waals surface area contributed by atoms with E-state index in [9.17, 15) is 9.90 Å². The summed E-state index contributed by atoms with van der Waals surface area (Å²) in [6.45, 7) is 6.50. The fraction of sp³-hybridized carbons (Fsp3) is 0.471. The zero-order chi connectivity index (χ0) is 16.3. The summed E-state index contributed by atoms with van der Waals surface area (Å²) in [5, 5.41) is 13.4. The Balaban J connectivity index is 2.14. The summed E-state index contributed by atoms with van der Waals surface area (Å²) < 4.78 is 10.6. The molecule has 1 atom stereocenters. The Morgan fingerprint density at radius 2 is 2.00 bits per heavy atom. The number of benzene rings is 1. The van der Waals surface area contributed by atoms with Gasteiger partial charge in [0.25, 0.3) is 5.91 Å². The van der Waals surface area contributed by atoms with Gasteiger partial charge in [-0.15, -0.1) is 0 Å². The number of aryl methyl sites for hydroxylation is 3. The molecule has 0 fully saturated rings. The van der Waals surface area contributed by atoms with Gasteiger partial charge in [-0.25, -0.2) is 0 Å². The van der Waals surface area contributed by atoms with Crippen LogP contribution < -0.4 is 5.32 Å². The number of furan rings is 1. The zero-order valence-corrected chi connectivity index (χ0v) is 13.5. The Morgan fingerprint density at radius 3 is 2.64 bits per heavy atom. The van der Waals surface area contributed by atoms with E-state index in [0.717, 1.165) is 27.7 Å². The van der Waals surface area contributed by atoms with E-state index in [1.165, 1.54) is 7.11 Å². The maximum Gasteiger partial charge on any atom is 0.287 e. The number of nitrogens with one attached hydrogen (secondary N) is 1. The average Bonchev–Trinajstić information content (AvgIpc) is 2.82. The SMILES string of the molecule is COCC(O)CCNC(=O)c1oc2c(C)ccc(C)c2c1C. The van der Waals surface area contributed by atoms with Gasteiger partial charge in [-0.3, -0.25) is 4.79 Å². The fourth-order valence-corrected chi connectivity index (χ4v) is 2.60. The van der Waals surface area contributed by atoms with Crippen molar-refractivity contribution in [3.05, 3.63) is 34.6 Å². The van der Waals surface area contributed by atoms with Crippen LogP contribution in [0.5, 0.6) is 0 Å². The van der Waals surface area contributed by atoms with Crippen LogP contribution in [-0.2, 0) is 4.74 Å². The highest BCUT2D eigenvalue weighted by Crippen LogP contribution is 2.30. The molecule has 0 aliphatic heterocycles. The first-order valence-corrected chi connectivity index (χ1v) is 7.40. The molecule has 2 N–H and O–H groups in total. The van der Waals surface area contributed by atoms with Gasteiger partial charge in [-0.2, -0.15) is 0 Å². The number of aliphatic hydroxyl groups is 1. The van der Waals surface area contributed by atoms with Gasteiger partial charge in [0, 0.05) is 24.6 Å². The maximum absolute atomic E-state index is 12.3. The predicted octanol–water partition coefficient (Wildman–Crippen LogP) is 2.49. The summed E-state index contributed by atoms with van der Waals surface area (Å²) >= 11 is 0. The van der Waals surface area contributed by atoms with Crippen LogP contribution in [0.1, 0.15) is 33.7 Å². The average molecular weight is 305 g/mol. The molecule has 0 radical (unpaired) electrons. The Morgan fingerprint density at radius 1 is 1.32 bits per heavy atom. The van der Waals surface area contributed by atoms with E-state index in [1.54, 1.807) is 0 Å². The molecule has 120 valence electrons. The van der Waals surface area contributed by atoms with Crippen LogP contribution in [0.4, 0.5) is 0 Å². The van der Waals surface area contributed by atoms with E-state index in [4.69, 9.17) is 9.15 Å². The molecule has 0 spiro atoms. The largest absolute Gasteiger partial charge is 0.450 e. The Bertz CT molecular complexity index is 675. The second-order valence-corrected chi connectivity index (χ2v) is 5.61. The monoisotopic (exact) mass is 305 g/mol. The Hall–Kier alpha value is -1.85. The Kier molecular flexibility index (Phi) is 5.21. The van der Waals surface area contributed by atoms with Gasteiger partial charge in [-0.05, 0) is 38.3 Å². The number of methoxy groups -OCH3 is 1. The molecular formula is C17H23NO4. The van der Waals surface area contributed by atoms with E-state index >= 15 is 0 Å². The summed E-state index contributed by atoms with van der Waals surface area (Å²) in [6.07, 6.45) is -0.136. The topological polar surface area (TPSA) is 71.7 Å². The third-order valence-electron chi connectivity index (χ3n) is 3.81. The Labute approximate surface area is 130 Å². The van der Waals surface area contributed by atoms with Gasteiger partial charge in [0.15, 0.2) is 5.76 Å². The molecule has 5 heteroatoms. The minimum atomic E-state index is -0.577. The highest BCUT2D eigenvalue weighted by Gasteiger charge is 2.19. The first-order valence-electron chi connectivity index (χ1n) is 7.40. The molecule has 1 unspecified atom stereocenters. The minimum Gasteiger partial charge on any atom is -0.450 e. The quantitative estimate of drug-likeness (QED) is 0.860. The zero-order valence-electron chi connectivity index (χ0n) is 13.5. The van der Waals surface area contributed by atoms with Crippen molar-refractivity contribution in [2.24, 2.45) is 0 Å². The molecule has 1 amide bonds. The standard InChI is InChI=1S/C17H23NO4/c1-10-5-6-11(2)15-14(10)12(3)16(22-15)17(20)18-8-7-13(19)9-21-4/h5-6,13,19H,7-9H2,1-4H3,(H,18,20). The van der Waals surface area contributed by atoms with E-state index in [1.807, 2.05) is 32.9 Å². The molecule has 2 rings (SSSR count). The number of carbonyl (C=O) groups excluding carboxylic acids is 1. The van der Waals surface area contributed by atoms with Crippen molar-refractivity contribution in [3.63, 3.8) is 0 Å². The number of fused-ring (bicyclic) bond motifs is 1. The minimum absolute atomic E-state index is 0.253. The molecule has 5 nitrogen and oxygen atoms in total.